The smallest absolute Gasteiger partial charge is 0.331 e. The topological polar surface area (TPSA) is 93.1 Å². The van der Waals surface area contributed by atoms with E-state index in [1.807, 2.05) is 0 Å². The fraction of sp³-hybridized carbons (Fsp3) is 0.739. The lowest BCUT2D eigenvalue weighted by Crippen LogP contribution is -2.79. The lowest BCUT2D eigenvalue weighted by atomic mass is 9.32. The first-order valence-electron chi connectivity index (χ1n) is 21.0. The highest BCUT2D eigenvalue weighted by atomic mass is 16.5. The van der Waals surface area contributed by atoms with Gasteiger partial charge in [0.05, 0.1) is 11.7 Å². The molecule has 6 rings (SSSR count). The minimum Gasteiger partial charge on any atom is -0.462 e. The maximum atomic E-state index is 13.8. The molecule has 1 heterocycles. The van der Waals surface area contributed by atoms with Crippen molar-refractivity contribution < 1.29 is 29.3 Å². The molecule has 288 valence electrons. The quantitative estimate of drug-likeness (QED) is 0.101. The van der Waals surface area contributed by atoms with Crippen LogP contribution in [0.2, 0.25) is 0 Å². The van der Waals surface area contributed by atoms with Gasteiger partial charge in [0.15, 0.2) is 0 Å². The third-order valence-corrected chi connectivity index (χ3v) is 15.2. The molecule has 52 heavy (non-hydrogen) atoms. The third kappa shape index (κ3) is 7.33. The van der Waals surface area contributed by atoms with E-state index in [0.717, 1.165) is 50.5 Å². The van der Waals surface area contributed by atoms with Gasteiger partial charge in [0.2, 0.25) is 0 Å². The van der Waals surface area contributed by atoms with E-state index in [2.05, 4.69) is 70.2 Å². The Morgan fingerprint density at radius 3 is 2.54 bits per heavy atom. The number of benzene rings is 1. The van der Waals surface area contributed by atoms with Crippen molar-refractivity contribution in [1.82, 2.24) is 0 Å². The molecule has 0 saturated heterocycles. The molecule has 0 amide bonds. The molecule has 3 saturated carbocycles. The monoisotopic (exact) mass is 717 g/mol. The number of allylic oxidation sites excluding steroid dienone is 1. The van der Waals surface area contributed by atoms with Crippen LogP contribution in [0.3, 0.4) is 0 Å². The number of aliphatic hydroxyl groups excluding tert-OH is 1. The van der Waals surface area contributed by atoms with Gasteiger partial charge in [0.1, 0.15) is 12.7 Å². The summed E-state index contributed by atoms with van der Waals surface area (Å²) in [6.45, 7) is 11.0. The minimum atomic E-state index is -1.27. The molecule has 6 heteroatoms. The van der Waals surface area contributed by atoms with E-state index in [9.17, 15) is 19.8 Å². The van der Waals surface area contributed by atoms with Crippen molar-refractivity contribution in [2.24, 2.45) is 45.8 Å². The van der Waals surface area contributed by atoms with Gasteiger partial charge in [-0.2, -0.15) is 0 Å². The molecule has 1 aliphatic heterocycles. The van der Waals surface area contributed by atoms with E-state index in [-0.39, 0.29) is 35.8 Å². The minimum absolute atomic E-state index is 0.0719. The highest BCUT2D eigenvalue weighted by Gasteiger charge is 2.78. The van der Waals surface area contributed by atoms with Crippen LogP contribution in [0.5, 0.6) is 0 Å². The first kappa shape index (κ1) is 39.3. The summed E-state index contributed by atoms with van der Waals surface area (Å²) in [7, 11) is 0. The van der Waals surface area contributed by atoms with Crippen LogP contribution < -0.4 is 0 Å². The molecule has 11 atom stereocenters. The van der Waals surface area contributed by atoms with Crippen LogP contribution in [0.1, 0.15) is 143 Å². The van der Waals surface area contributed by atoms with E-state index in [1.165, 1.54) is 51.0 Å². The number of carbonyl (C=O) groups is 2. The number of ether oxygens (including phenoxy) is 2. The number of rotatable bonds is 16. The Morgan fingerprint density at radius 2 is 1.83 bits per heavy atom. The number of aryl methyl sites for hydroxylation is 1. The van der Waals surface area contributed by atoms with Crippen LogP contribution in [0.25, 0.3) is 0 Å². The summed E-state index contributed by atoms with van der Waals surface area (Å²) in [5, 5.41) is 26.6. The average Bonchev–Trinajstić information content (AvgIpc) is 3.76. The van der Waals surface area contributed by atoms with E-state index in [1.54, 1.807) is 6.08 Å². The molecule has 1 aromatic rings. The van der Waals surface area contributed by atoms with Crippen molar-refractivity contribution in [1.29, 1.82) is 0 Å². The number of unbranched alkanes of at least 4 members (excludes halogenated alkanes) is 2. The lowest BCUT2D eigenvalue weighted by molar-refractivity contribution is -0.331. The van der Waals surface area contributed by atoms with Gasteiger partial charge < -0.3 is 19.7 Å². The SMILES string of the molecule is CCCCC[C@H]1CC[C@@H]([C@]2(C)CC[C@@H](O)[C@@]34[C@@H](CC[C@H](C)CCCc5ccccc5)C=C[C@@](C)(C[C@@H](OC(C)=O)[C@@H]23)[C@]4(O)CCC2=CC(=O)OC2)C1. The fourth-order valence-electron chi connectivity index (χ4n) is 12.6. The molecule has 5 aliphatic rings. The molecule has 0 radical (unpaired) electrons. The second kappa shape index (κ2) is 16.1. The first-order chi connectivity index (χ1) is 24.9. The van der Waals surface area contributed by atoms with Crippen molar-refractivity contribution in [3.05, 3.63) is 59.7 Å². The number of fused-ring (bicyclic) bond motifs is 1. The van der Waals surface area contributed by atoms with E-state index in [0.29, 0.717) is 43.4 Å². The Labute approximate surface area is 314 Å². The van der Waals surface area contributed by atoms with Crippen LogP contribution in [-0.4, -0.2) is 46.6 Å². The number of carbonyl (C=O) groups excluding carboxylic acids is 2. The Balaban J connectivity index is 1.37. The summed E-state index contributed by atoms with van der Waals surface area (Å²) >= 11 is 0. The molecule has 0 unspecified atom stereocenters. The number of aliphatic hydroxyl groups is 2. The highest BCUT2D eigenvalue weighted by molar-refractivity contribution is 5.85. The van der Waals surface area contributed by atoms with Crippen molar-refractivity contribution in [3.63, 3.8) is 0 Å². The van der Waals surface area contributed by atoms with Crippen LogP contribution in [0, 0.1) is 45.8 Å². The maximum Gasteiger partial charge on any atom is 0.331 e. The predicted octanol–water partition coefficient (Wildman–Crippen LogP) is 9.71. The molecule has 3 fully saturated rings. The largest absolute Gasteiger partial charge is 0.462 e. The second-order valence-electron chi connectivity index (χ2n) is 18.4. The zero-order valence-corrected chi connectivity index (χ0v) is 32.9. The van der Waals surface area contributed by atoms with Crippen molar-refractivity contribution in [3.8, 4) is 0 Å². The standard InChI is InChI=1S/C46H68O6/c1-6-7-9-16-35-19-21-38(28-35)44(5)26-24-40(48)46-37(20-18-32(2)13-12-17-34-14-10-8-11-15-34)23-25-43(4,30-39(42(44)46)52-33(3)47)45(46,50)27-22-36-29-41(49)51-31-36/h8,10-11,14-15,23,25,29,32,35,37-40,42,48,50H,6-7,9,12-13,16-22,24,26-28,30-31H2,1-5H3/t32-,35+,37+,38-,39-,40-,42+,43+,44+,45-,46+/m1/s1. The zero-order chi connectivity index (χ0) is 37.1. The van der Waals surface area contributed by atoms with Crippen molar-refractivity contribution in [2.45, 2.75) is 162 Å². The van der Waals surface area contributed by atoms with Crippen LogP contribution in [0.4, 0.5) is 0 Å². The number of esters is 2. The molecule has 4 aliphatic carbocycles. The first-order valence-corrected chi connectivity index (χ1v) is 21.0. The Kier molecular flexibility index (Phi) is 12.2. The molecule has 0 aromatic heterocycles. The van der Waals surface area contributed by atoms with Gasteiger partial charge in [0.25, 0.3) is 0 Å². The van der Waals surface area contributed by atoms with Gasteiger partial charge in [-0.15, -0.1) is 0 Å². The van der Waals surface area contributed by atoms with Crippen LogP contribution in [-0.2, 0) is 25.5 Å². The molecule has 2 bridgehead atoms. The van der Waals surface area contributed by atoms with Gasteiger partial charge in [-0.3, -0.25) is 4.79 Å². The Hall–Kier alpha value is -2.44. The summed E-state index contributed by atoms with van der Waals surface area (Å²) in [6, 6.07) is 10.7. The molecular formula is C46H68O6. The van der Waals surface area contributed by atoms with Crippen molar-refractivity contribution >= 4 is 11.9 Å². The Morgan fingerprint density at radius 1 is 1.04 bits per heavy atom. The Bertz CT molecular complexity index is 1450. The van der Waals surface area contributed by atoms with Crippen LogP contribution >= 0.6 is 0 Å². The number of cyclic esters (lactones) is 1. The van der Waals surface area contributed by atoms with Gasteiger partial charge in [-0.05, 0) is 104 Å². The zero-order valence-electron chi connectivity index (χ0n) is 32.9. The normalized spacial score (nSPS) is 38.8. The van der Waals surface area contributed by atoms with Gasteiger partial charge >= 0.3 is 11.9 Å². The summed E-state index contributed by atoms with van der Waals surface area (Å²) in [5.41, 5.74) is -0.821. The maximum absolute atomic E-state index is 13.8. The van der Waals surface area contributed by atoms with Gasteiger partial charge in [0, 0.05) is 29.7 Å². The number of hydrogen-bond donors (Lipinski definition) is 2. The summed E-state index contributed by atoms with van der Waals surface area (Å²) in [5.74, 6) is 0.800. The summed E-state index contributed by atoms with van der Waals surface area (Å²) < 4.78 is 11.8. The summed E-state index contributed by atoms with van der Waals surface area (Å²) in [6.07, 6.45) is 21.9. The highest BCUT2D eigenvalue weighted by Crippen LogP contribution is 2.75. The number of hydrogen-bond acceptors (Lipinski definition) is 6. The molecule has 1 spiro atoms. The van der Waals surface area contributed by atoms with Crippen LogP contribution in [0.15, 0.2) is 54.1 Å². The van der Waals surface area contributed by atoms with Gasteiger partial charge in [-0.25, -0.2) is 4.79 Å². The molecule has 2 N–H and O–H groups in total. The van der Waals surface area contributed by atoms with Crippen molar-refractivity contribution in [2.75, 3.05) is 6.61 Å². The van der Waals surface area contributed by atoms with E-state index < -0.39 is 28.6 Å². The van der Waals surface area contributed by atoms with Gasteiger partial charge in [-0.1, -0.05) is 115 Å². The molecular weight excluding hydrogens is 649 g/mol. The average molecular weight is 717 g/mol. The molecule has 6 nitrogen and oxygen atoms in total. The van der Waals surface area contributed by atoms with E-state index in [4.69, 9.17) is 9.47 Å². The predicted molar refractivity (Wildman–Crippen MR) is 206 cm³/mol. The third-order valence-electron chi connectivity index (χ3n) is 15.2. The lowest BCUT2D eigenvalue weighted by Gasteiger charge is -2.74. The second-order valence-corrected chi connectivity index (χ2v) is 18.4. The molecule has 1 aromatic carbocycles. The fourth-order valence-corrected chi connectivity index (χ4v) is 12.6. The summed E-state index contributed by atoms with van der Waals surface area (Å²) in [4.78, 5) is 25.1. The van der Waals surface area contributed by atoms with E-state index >= 15 is 0 Å².